The van der Waals surface area contributed by atoms with Crippen molar-refractivity contribution in [2.75, 3.05) is 31.1 Å². The molecule has 0 spiro atoms. The summed E-state index contributed by atoms with van der Waals surface area (Å²) in [6.45, 7) is 1.18. The van der Waals surface area contributed by atoms with Crippen LogP contribution >= 0.6 is 7.82 Å². The quantitative estimate of drug-likeness (QED) is 0.264. The number of rotatable bonds is 9. The van der Waals surface area contributed by atoms with Crippen LogP contribution in [0, 0.1) is 6.92 Å². The Kier molecular flexibility index (Phi) is 8.84. The minimum atomic E-state index is -4.75. The van der Waals surface area contributed by atoms with Crippen LogP contribution < -0.4 is 15.2 Å². The van der Waals surface area contributed by atoms with Crippen LogP contribution in [-0.4, -0.2) is 78.8 Å². The number of phosphoric ester groups is 1. The zero-order valence-electron chi connectivity index (χ0n) is 24.1. The SMILES string of the molecule is Cc1ccc(OC(F)F)c(Cn2c3cc(-c4cnc(N5CCN(C(=O)COP(=O)(O)O)C(C)C5)nc4)ccc3c(=O)n2C)c1. The molecule has 1 fully saturated rings. The number of piperazine rings is 1. The third-order valence-electron chi connectivity index (χ3n) is 7.47. The van der Waals surface area contributed by atoms with E-state index in [0.717, 1.165) is 11.1 Å². The van der Waals surface area contributed by atoms with Gasteiger partial charge in [0.15, 0.2) is 0 Å². The Morgan fingerprint density at radius 2 is 1.84 bits per heavy atom. The van der Waals surface area contributed by atoms with Crippen molar-refractivity contribution >= 4 is 30.6 Å². The molecule has 44 heavy (non-hydrogen) atoms. The number of ether oxygens (including phenoxy) is 1. The van der Waals surface area contributed by atoms with Gasteiger partial charge in [-0.3, -0.25) is 23.5 Å². The van der Waals surface area contributed by atoms with E-state index in [4.69, 9.17) is 14.5 Å². The van der Waals surface area contributed by atoms with E-state index in [9.17, 15) is 22.9 Å². The molecule has 4 aromatic rings. The number of anilines is 1. The number of hydrogen-bond donors (Lipinski definition) is 2. The van der Waals surface area contributed by atoms with Gasteiger partial charge in [-0.05, 0) is 37.6 Å². The number of halogens is 2. The lowest BCUT2D eigenvalue weighted by Crippen LogP contribution is -2.55. The molecule has 0 saturated carbocycles. The largest absolute Gasteiger partial charge is 0.470 e. The molecule has 234 valence electrons. The van der Waals surface area contributed by atoms with Crippen LogP contribution in [-0.2, 0) is 27.5 Å². The van der Waals surface area contributed by atoms with Crippen LogP contribution in [0.4, 0.5) is 14.7 Å². The van der Waals surface area contributed by atoms with Gasteiger partial charge in [-0.25, -0.2) is 14.5 Å². The first-order valence-corrected chi connectivity index (χ1v) is 15.1. The molecule has 0 radical (unpaired) electrons. The van der Waals surface area contributed by atoms with E-state index in [1.165, 1.54) is 15.6 Å². The first kappa shape index (κ1) is 31.3. The predicted molar refractivity (Wildman–Crippen MR) is 157 cm³/mol. The van der Waals surface area contributed by atoms with Gasteiger partial charge in [-0.1, -0.05) is 23.8 Å². The fourth-order valence-corrected chi connectivity index (χ4v) is 5.59. The normalized spacial score (nSPS) is 15.8. The summed E-state index contributed by atoms with van der Waals surface area (Å²) >= 11 is 0. The van der Waals surface area contributed by atoms with E-state index in [1.54, 1.807) is 48.4 Å². The van der Waals surface area contributed by atoms with Crippen LogP contribution in [0.1, 0.15) is 18.1 Å². The number of aromatic nitrogens is 4. The van der Waals surface area contributed by atoms with Crippen LogP contribution in [0.15, 0.2) is 53.6 Å². The summed E-state index contributed by atoms with van der Waals surface area (Å²) in [6, 6.07) is 9.96. The van der Waals surface area contributed by atoms with Crippen LogP contribution in [0.2, 0.25) is 0 Å². The van der Waals surface area contributed by atoms with Gasteiger partial charge in [0.05, 0.1) is 17.4 Å². The molecule has 1 amide bonds. The van der Waals surface area contributed by atoms with Crippen molar-refractivity contribution in [3.05, 3.63) is 70.3 Å². The average molecular weight is 633 g/mol. The fraction of sp³-hybridized carbons (Fsp3) is 0.357. The van der Waals surface area contributed by atoms with Crippen LogP contribution in [0.3, 0.4) is 0 Å². The maximum atomic E-state index is 13.1. The number of fused-ring (bicyclic) bond motifs is 1. The third-order valence-corrected chi connectivity index (χ3v) is 7.94. The third kappa shape index (κ3) is 6.81. The highest BCUT2D eigenvalue weighted by Crippen LogP contribution is 2.35. The molecule has 1 aliphatic rings. The molecule has 1 unspecified atom stereocenters. The fourth-order valence-electron chi connectivity index (χ4n) is 5.31. The predicted octanol–water partition coefficient (Wildman–Crippen LogP) is 2.90. The van der Waals surface area contributed by atoms with Gasteiger partial charge < -0.3 is 24.3 Å². The molecule has 1 saturated heterocycles. The summed E-state index contributed by atoms with van der Waals surface area (Å²) in [4.78, 5) is 55.5. The van der Waals surface area contributed by atoms with Crippen molar-refractivity contribution in [3.63, 3.8) is 0 Å². The summed E-state index contributed by atoms with van der Waals surface area (Å²) in [5.74, 6) is -0.0383. The summed E-state index contributed by atoms with van der Waals surface area (Å²) < 4.78 is 49.2. The number of phosphoric acid groups is 1. The van der Waals surface area contributed by atoms with Crippen LogP contribution in [0.25, 0.3) is 22.0 Å². The minimum Gasteiger partial charge on any atom is -0.434 e. The van der Waals surface area contributed by atoms with E-state index in [1.807, 2.05) is 24.8 Å². The van der Waals surface area contributed by atoms with Crippen molar-refractivity contribution in [1.29, 1.82) is 0 Å². The lowest BCUT2D eigenvalue weighted by atomic mass is 10.1. The first-order valence-electron chi connectivity index (χ1n) is 13.6. The number of nitrogens with zero attached hydrogens (tertiary/aromatic N) is 6. The lowest BCUT2D eigenvalue weighted by molar-refractivity contribution is -0.136. The summed E-state index contributed by atoms with van der Waals surface area (Å²) in [5.41, 5.74) is 3.15. The number of hydrogen-bond acceptors (Lipinski definition) is 8. The number of aryl methyl sites for hydroxylation is 1. The van der Waals surface area contributed by atoms with Gasteiger partial charge in [0.25, 0.3) is 5.56 Å². The molecule has 0 aliphatic carbocycles. The van der Waals surface area contributed by atoms with Gasteiger partial charge in [0.2, 0.25) is 11.9 Å². The minimum absolute atomic E-state index is 0.0361. The van der Waals surface area contributed by atoms with Crippen molar-refractivity contribution in [2.24, 2.45) is 7.05 Å². The second kappa shape index (κ2) is 12.4. The summed E-state index contributed by atoms with van der Waals surface area (Å²) in [6.07, 6.45) is 3.31. The molecule has 2 aromatic heterocycles. The average Bonchev–Trinajstić information content (AvgIpc) is 3.21. The second-order valence-corrected chi connectivity index (χ2v) is 11.8. The molecular formula is C28H31F2N6O7P. The van der Waals surface area contributed by atoms with Crippen molar-refractivity contribution in [3.8, 4) is 16.9 Å². The Bertz CT molecular complexity index is 1790. The van der Waals surface area contributed by atoms with Crippen molar-refractivity contribution in [1.82, 2.24) is 24.2 Å². The van der Waals surface area contributed by atoms with Crippen molar-refractivity contribution < 1.29 is 37.2 Å². The molecule has 5 rings (SSSR count). The molecule has 13 nitrogen and oxygen atoms in total. The van der Waals surface area contributed by atoms with Gasteiger partial charge in [0.1, 0.15) is 12.4 Å². The van der Waals surface area contributed by atoms with Gasteiger partial charge in [0, 0.05) is 56.2 Å². The lowest BCUT2D eigenvalue weighted by Gasteiger charge is -2.39. The van der Waals surface area contributed by atoms with E-state index in [-0.39, 0.29) is 23.9 Å². The number of alkyl halides is 2. The molecule has 2 aromatic carbocycles. The van der Waals surface area contributed by atoms with Crippen molar-refractivity contribution in [2.45, 2.75) is 33.0 Å². The molecule has 2 N–H and O–H groups in total. The molecule has 0 bridgehead atoms. The highest BCUT2D eigenvalue weighted by Gasteiger charge is 2.30. The summed E-state index contributed by atoms with van der Waals surface area (Å²) in [7, 11) is -3.14. The second-order valence-electron chi connectivity index (χ2n) is 10.5. The highest BCUT2D eigenvalue weighted by atomic mass is 31.2. The smallest absolute Gasteiger partial charge is 0.434 e. The zero-order chi connectivity index (χ0) is 31.8. The Morgan fingerprint density at radius 3 is 2.50 bits per heavy atom. The number of amides is 1. The number of benzene rings is 2. The van der Waals surface area contributed by atoms with E-state index in [0.29, 0.717) is 47.6 Å². The maximum absolute atomic E-state index is 13.1. The Hall–Kier alpha value is -4.17. The topological polar surface area (TPSA) is 152 Å². The zero-order valence-corrected chi connectivity index (χ0v) is 25.0. The Balaban J connectivity index is 1.35. The molecular weight excluding hydrogens is 601 g/mol. The molecule has 1 aliphatic heterocycles. The Morgan fingerprint density at radius 1 is 1.11 bits per heavy atom. The van der Waals surface area contributed by atoms with E-state index in [2.05, 4.69) is 14.5 Å². The number of carbonyl (C=O) groups excluding carboxylic acids is 1. The van der Waals surface area contributed by atoms with Gasteiger partial charge >= 0.3 is 14.4 Å². The number of carbonyl (C=O) groups is 1. The first-order chi connectivity index (χ1) is 20.8. The standard InChI is InChI=1S/C28H31F2N6O7P/c1-17-4-7-24(43-27(29)30)20(10-17)15-36-23-11-19(5-6-22(23)26(38)33(36)3)21-12-31-28(32-13-21)34-8-9-35(18(2)14-34)25(37)16-42-44(39,40)41/h4-7,10-13,18,27H,8-9,14-16H2,1-3H3,(H2,39,40,41). The highest BCUT2D eigenvalue weighted by molar-refractivity contribution is 7.46. The molecule has 16 heteroatoms. The maximum Gasteiger partial charge on any atom is 0.470 e. The van der Waals surface area contributed by atoms with E-state index >= 15 is 0 Å². The van der Waals surface area contributed by atoms with E-state index < -0.39 is 26.9 Å². The summed E-state index contributed by atoms with van der Waals surface area (Å²) in [5, 5.41) is 0.463. The molecule has 1 atom stereocenters. The monoisotopic (exact) mass is 632 g/mol. The molecule has 3 heterocycles. The van der Waals surface area contributed by atoms with Gasteiger partial charge in [-0.15, -0.1) is 0 Å². The van der Waals surface area contributed by atoms with Crippen LogP contribution in [0.5, 0.6) is 5.75 Å². The van der Waals surface area contributed by atoms with Gasteiger partial charge in [-0.2, -0.15) is 8.78 Å². The Labute approximate surface area is 250 Å².